The van der Waals surface area contributed by atoms with Gasteiger partial charge in [0.25, 0.3) is 0 Å². The van der Waals surface area contributed by atoms with Gasteiger partial charge in [0.2, 0.25) is 0 Å². The maximum atomic E-state index is 10.5. The molecule has 2 unspecified atom stereocenters. The summed E-state index contributed by atoms with van der Waals surface area (Å²) in [6.45, 7) is 10.5. The van der Waals surface area contributed by atoms with E-state index >= 15 is 0 Å². The van der Waals surface area contributed by atoms with Crippen LogP contribution < -0.4 is 4.74 Å². The number of nitrogens with zero attached hydrogens (tertiary/aromatic N) is 2. The molecule has 30 heavy (non-hydrogen) atoms. The number of ether oxygens (including phenoxy) is 1. The summed E-state index contributed by atoms with van der Waals surface area (Å²) in [5, 5.41) is 10.5. The van der Waals surface area contributed by atoms with Gasteiger partial charge in [-0.05, 0) is 29.5 Å². The zero-order valence-corrected chi connectivity index (χ0v) is 19.7. The summed E-state index contributed by atoms with van der Waals surface area (Å²) in [5.74, 6) is 1.37. The van der Waals surface area contributed by atoms with E-state index in [-0.39, 0.29) is 24.8 Å². The molecule has 0 bridgehead atoms. The number of piperazine rings is 1. The van der Waals surface area contributed by atoms with E-state index in [0.717, 1.165) is 44.9 Å². The van der Waals surface area contributed by atoms with Crippen molar-refractivity contribution in [2.24, 2.45) is 0 Å². The lowest BCUT2D eigenvalue weighted by molar-refractivity contribution is 0.0443. The first-order valence-corrected chi connectivity index (χ1v) is 10.5. The molecule has 0 saturated carbocycles. The van der Waals surface area contributed by atoms with Crippen molar-refractivity contribution in [3.63, 3.8) is 0 Å². The number of hydrogen-bond donors (Lipinski definition) is 1. The summed E-state index contributed by atoms with van der Waals surface area (Å²) in [5.41, 5.74) is 2.59. The summed E-state index contributed by atoms with van der Waals surface area (Å²) >= 11 is 0. The third kappa shape index (κ3) is 8.09. The van der Waals surface area contributed by atoms with Crippen molar-refractivity contribution < 1.29 is 9.84 Å². The van der Waals surface area contributed by atoms with Crippen molar-refractivity contribution in [2.75, 3.05) is 39.3 Å². The maximum Gasteiger partial charge on any atom is 0.122 e. The fourth-order valence-corrected chi connectivity index (χ4v) is 3.75. The lowest BCUT2D eigenvalue weighted by Crippen LogP contribution is -2.48. The van der Waals surface area contributed by atoms with Gasteiger partial charge in [0.05, 0.1) is 0 Å². The number of benzene rings is 2. The van der Waals surface area contributed by atoms with E-state index < -0.39 is 6.10 Å². The third-order valence-electron chi connectivity index (χ3n) is 5.68. The summed E-state index contributed by atoms with van der Waals surface area (Å²) in [6, 6.07) is 18.8. The molecular weight excluding hydrogens is 419 g/mol. The summed E-state index contributed by atoms with van der Waals surface area (Å²) in [4.78, 5) is 4.83. The fourth-order valence-electron chi connectivity index (χ4n) is 3.75. The van der Waals surface area contributed by atoms with Crippen LogP contribution in [0.5, 0.6) is 5.75 Å². The Morgan fingerprint density at radius 2 is 1.50 bits per heavy atom. The molecule has 0 radical (unpaired) electrons. The minimum Gasteiger partial charge on any atom is -0.491 e. The summed E-state index contributed by atoms with van der Waals surface area (Å²) in [7, 11) is 0. The van der Waals surface area contributed by atoms with Crippen LogP contribution in [0, 0.1) is 0 Å². The standard InChI is InChI=1S/C24H34N2O2.2ClH/c1-3-20(2)23-11-7-8-12-24(23)28-19-22(27)18-26-15-13-25(14-16-26)17-21-9-5-4-6-10-21;;/h4-12,20,22,27H,3,13-19H2,1-2H3;2*1H. The van der Waals surface area contributed by atoms with Crippen LogP contribution in [-0.4, -0.2) is 60.3 Å². The van der Waals surface area contributed by atoms with E-state index in [0.29, 0.717) is 19.1 Å². The fraction of sp³-hybridized carbons (Fsp3) is 0.500. The average molecular weight is 455 g/mol. The first-order valence-electron chi connectivity index (χ1n) is 10.5. The van der Waals surface area contributed by atoms with Crippen molar-refractivity contribution in [1.82, 2.24) is 9.80 Å². The van der Waals surface area contributed by atoms with E-state index in [1.165, 1.54) is 11.1 Å². The molecule has 3 rings (SSSR count). The van der Waals surface area contributed by atoms with Crippen LogP contribution in [0.2, 0.25) is 0 Å². The molecule has 6 heteroatoms. The average Bonchev–Trinajstić information content (AvgIpc) is 2.74. The number of β-amino-alcohol motifs (C(OH)–C–C–N with tert-alkyl or cyclic N) is 1. The normalized spacial score (nSPS) is 16.8. The molecule has 168 valence electrons. The second-order valence-corrected chi connectivity index (χ2v) is 7.87. The highest BCUT2D eigenvalue weighted by Gasteiger charge is 2.20. The van der Waals surface area contributed by atoms with Crippen LogP contribution in [-0.2, 0) is 6.54 Å². The van der Waals surface area contributed by atoms with Gasteiger partial charge < -0.3 is 9.84 Å². The van der Waals surface area contributed by atoms with Crippen molar-refractivity contribution >= 4 is 24.8 Å². The summed E-state index contributed by atoms with van der Waals surface area (Å²) < 4.78 is 5.98. The van der Waals surface area contributed by atoms with Crippen LogP contribution in [0.1, 0.15) is 37.3 Å². The van der Waals surface area contributed by atoms with Crippen molar-refractivity contribution in [2.45, 2.75) is 38.8 Å². The van der Waals surface area contributed by atoms with Crippen LogP contribution in [0.25, 0.3) is 0 Å². The van der Waals surface area contributed by atoms with Gasteiger partial charge in [-0.3, -0.25) is 9.80 Å². The molecular formula is C24H36Cl2N2O2. The number of halogens is 2. The van der Waals surface area contributed by atoms with Gasteiger partial charge >= 0.3 is 0 Å². The van der Waals surface area contributed by atoms with E-state index in [4.69, 9.17) is 4.74 Å². The van der Waals surface area contributed by atoms with Gasteiger partial charge in [0.15, 0.2) is 0 Å². The SMILES string of the molecule is CCC(C)c1ccccc1OCC(O)CN1CCN(Cc2ccccc2)CC1.Cl.Cl. The molecule has 0 aliphatic carbocycles. The van der Waals surface area contributed by atoms with Crippen LogP contribution >= 0.6 is 24.8 Å². The minimum absolute atomic E-state index is 0. The predicted molar refractivity (Wildman–Crippen MR) is 129 cm³/mol. The molecule has 1 heterocycles. The van der Waals surface area contributed by atoms with Gasteiger partial charge in [-0.1, -0.05) is 62.4 Å². The van der Waals surface area contributed by atoms with Gasteiger partial charge in [-0.2, -0.15) is 0 Å². The number of para-hydroxylation sites is 1. The Labute approximate surface area is 194 Å². The number of rotatable bonds is 9. The van der Waals surface area contributed by atoms with Crippen LogP contribution in [0.3, 0.4) is 0 Å². The smallest absolute Gasteiger partial charge is 0.122 e. The maximum absolute atomic E-state index is 10.5. The molecule has 1 N–H and O–H groups in total. The zero-order valence-electron chi connectivity index (χ0n) is 18.1. The molecule has 2 aromatic rings. The lowest BCUT2D eigenvalue weighted by atomic mass is 9.98. The number of aliphatic hydroxyl groups is 1. The molecule has 1 aliphatic rings. The predicted octanol–water partition coefficient (Wildman–Crippen LogP) is 4.60. The largest absolute Gasteiger partial charge is 0.491 e. The van der Waals surface area contributed by atoms with E-state index in [9.17, 15) is 5.11 Å². The quantitative estimate of drug-likeness (QED) is 0.600. The molecule has 1 aliphatic heterocycles. The molecule has 2 atom stereocenters. The van der Waals surface area contributed by atoms with Crippen LogP contribution in [0.15, 0.2) is 54.6 Å². The number of aliphatic hydroxyl groups excluding tert-OH is 1. The highest BCUT2D eigenvalue weighted by molar-refractivity contribution is 5.85. The van der Waals surface area contributed by atoms with Crippen LogP contribution in [0.4, 0.5) is 0 Å². The van der Waals surface area contributed by atoms with Crippen molar-refractivity contribution in [3.05, 3.63) is 65.7 Å². The third-order valence-corrected chi connectivity index (χ3v) is 5.68. The Bertz CT molecular complexity index is 709. The Hall–Kier alpha value is -1.30. The second-order valence-electron chi connectivity index (χ2n) is 7.87. The molecule has 0 aromatic heterocycles. The highest BCUT2D eigenvalue weighted by atomic mass is 35.5. The second kappa shape index (κ2) is 13.9. The first-order chi connectivity index (χ1) is 13.7. The lowest BCUT2D eigenvalue weighted by Gasteiger charge is -2.35. The molecule has 2 aromatic carbocycles. The molecule has 1 saturated heterocycles. The minimum atomic E-state index is -0.467. The Kier molecular flexibility index (Phi) is 12.4. The van der Waals surface area contributed by atoms with E-state index in [2.05, 4.69) is 66.1 Å². The van der Waals surface area contributed by atoms with E-state index in [1.54, 1.807) is 0 Å². The summed E-state index contributed by atoms with van der Waals surface area (Å²) in [6.07, 6.45) is 0.613. The van der Waals surface area contributed by atoms with Gasteiger partial charge in [0.1, 0.15) is 18.5 Å². The first kappa shape index (κ1) is 26.7. The van der Waals surface area contributed by atoms with Gasteiger partial charge in [-0.15, -0.1) is 24.8 Å². The zero-order chi connectivity index (χ0) is 19.8. The van der Waals surface area contributed by atoms with E-state index in [1.807, 2.05) is 12.1 Å². The molecule has 0 spiro atoms. The highest BCUT2D eigenvalue weighted by Crippen LogP contribution is 2.28. The van der Waals surface area contributed by atoms with Gasteiger partial charge in [0, 0.05) is 39.3 Å². The molecule has 1 fully saturated rings. The Morgan fingerprint density at radius 3 is 2.17 bits per heavy atom. The molecule has 4 nitrogen and oxygen atoms in total. The van der Waals surface area contributed by atoms with Crippen molar-refractivity contribution in [1.29, 1.82) is 0 Å². The van der Waals surface area contributed by atoms with Gasteiger partial charge in [-0.25, -0.2) is 0 Å². The number of hydrogen-bond acceptors (Lipinski definition) is 4. The topological polar surface area (TPSA) is 35.9 Å². The Morgan fingerprint density at radius 1 is 0.900 bits per heavy atom. The monoisotopic (exact) mass is 454 g/mol. The Balaban J connectivity index is 0.00000225. The molecule has 0 amide bonds. The van der Waals surface area contributed by atoms with Crippen molar-refractivity contribution in [3.8, 4) is 5.75 Å².